The molecule has 2 aromatic carbocycles. The van der Waals surface area contributed by atoms with Crippen LogP contribution in [-0.2, 0) is 4.79 Å². The lowest BCUT2D eigenvalue weighted by atomic mass is 9.97. The minimum atomic E-state index is -0.118. The van der Waals surface area contributed by atoms with Crippen molar-refractivity contribution in [1.82, 2.24) is 5.32 Å². The van der Waals surface area contributed by atoms with Gasteiger partial charge in [0.05, 0.1) is 13.2 Å². The van der Waals surface area contributed by atoms with Crippen LogP contribution in [0.3, 0.4) is 0 Å². The molecule has 0 aliphatic heterocycles. The maximum atomic E-state index is 12.4. The SMILES string of the molecule is COc1ccc([C@H](CC(C)C)NC(=O)COc2cccc(C)c2C)cc1. The normalized spacial score (nSPS) is 11.9. The Bertz CT molecular complexity index is 723. The van der Waals surface area contributed by atoms with Crippen LogP contribution in [0.5, 0.6) is 11.5 Å². The summed E-state index contributed by atoms with van der Waals surface area (Å²) in [6.07, 6.45) is 0.863. The molecule has 0 aliphatic carbocycles. The topological polar surface area (TPSA) is 47.6 Å². The lowest BCUT2D eigenvalue weighted by Gasteiger charge is -2.22. The molecule has 26 heavy (non-hydrogen) atoms. The Hall–Kier alpha value is -2.49. The van der Waals surface area contributed by atoms with E-state index < -0.39 is 0 Å². The first-order valence-electron chi connectivity index (χ1n) is 9.03. The zero-order valence-corrected chi connectivity index (χ0v) is 16.3. The summed E-state index contributed by atoms with van der Waals surface area (Å²) in [6.45, 7) is 8.34. The van der Waals surface area contributed by atoms with Gasteiger partial charge in [0.25, 0.3) is 5.91 Å². The number of rotatable bonds is 8. The van der Waals surface area contributed by atoms with Gasteiger partial charge in [0.1, 0.15) is 11.5 Å². The third-order valence-corrected chi connectivity index (χ3v) is 4.47. The second kappa shape index (κ2) is 9.27. The largest absolute Gasteiger partial charge is 0.497 e. The molecule has 0 saturated carbocycles. The van der Waals surface area contributed by atoms with E-state index in [9.17, 15) is 4.79 Å². The zero-order chi connectivity index (χ0) is 19.1. The highest BCUT2D eigenvalue weighted by atomic mass is 16.5. The molecule has 2 rings (SSSR count). The number of hydrogen-bond donors (Lipinski definition) is 1. The Morgan fingerprint density at radius 3 is 2.38 bits per heavy atom. The average molecular weight is 355 g/mol. The van der Waals surface area contributed by atoms with Crippen molar-refractivity contribution in [2.75, 3.05) is 13.7 Å². The lowest BCUT2D eigenvalue weighted by Crippen LogP contribution is -2.33. The van der Waals surface area contributed by atoms with Crippen molar-refractivity contribution >= 4 is 5.91 Å². The van der Waals surface area contributed by atoms with Crippen molar-refractivity contribution in [3.63, 3.8) is 0 Å². The molecule has 0 saturated heterocycles. The minimum absolute atomic E-state index is 0.00897. The number of carbonyl (C=O) groups is 1. The standard InChI is InChI=1S/C22H29NO3/c1-15(2)13-20(18-9-11-19(25-5)12-10-18)23-22(24)14-26-21-8-6-7-16(3)17(21)4/h6-12,15,20H,13-14H2,1-5H3,(H,23,24)/t20-/m0/s1. The first-order chi connectivity index (χ1) is 12.4. The number of amides is 1. The summed E-state index contributed by atoms with van der Waals surface area (Å²) in [5.41, 5.74) is 3.28. The van der Waals surface area contributed by atoms with Gasteiger partial charge in [-0.15, -0.1) is 0 Å². The first kappa shape index (κ1) is 19.8. The Balaban J connectivity index is 2.02. The van der Waals surface area contributed by atoms with Crippen LogP contribution in [0.15, 0.2) is 42.5 Å². The van der Waals surface area contributed by atoms with Crippen LogP contribution in [0.1, 0.15) is 43.0 Å². The van der Waals surface area contributed by atoms with E-state index in [0.717, 1.165) is 34.6 Å². The highest BCUT2D eigenvalue weighted by Gasteiger charge is 2.17. The minimum Gasteiger partial charge on any atom is -0.497 e. The molecule has 2 aromatic rings. The molecular weight excluding hydrogens is 326 g/mol. The quantitative estimate of drug-likeness (QED) is 0.753. The molecule has 4 heteroatoms. The fourth-order valence-corrected chi connectivity index (χ4v) is 2.85. The van der Waals surface area contributed by atoms with Crippen LogP contribution in [0.4, 0.5) is 0 Å². The molecule has 0 spiro atoms. The fourth-order valence-electron chi connectivity index (χ4n) is 2.85. The van der Waals surface area contributed by atoms with Crippen molar-refractivity contribution in [1.29, 1.82) is 0 Å². The predicted molar refractivity (Wildman–Crippen MR) is 105 cm³/mol. The Labute approximate surface area is 156 Å². The van der Waals surface area contributed by atoms with E-state index in [2.05, 4.69) is 19.2 Å². The van der Waals surface area contributed by atoms with Gasteiger partial charge in [-0.25, -0.2) is 0 Å². The second-order valence-corrected chi connectivity index (χ2v) is 7.01. The van der Waals surface area contributed by atoms with Crippen LogP contribution >= 0.6 is 0 Å². The number of nitrogens with one attached hydrogen (secondary N) is 1. The van der Waals surface area contributed by atoms with E-state index in [1.807, 2.05) is 56.3 Å². The van der Waals surface area contributed by atoms with E-state index in [-0.39, 0.29) is 18.6 Å². The number of benzene rings is 2. The first-order valence-corrected chi connectivity index (χ1v) is 9.03. The van der Waals surface area contributed by atoms with Gasteiger partial charge >= 0.3 is 0 Å². The lowest BCUT2D eigenvalue weighted by molar-refractivity contribution is -0.124. The summed E-state index contributed by atoms with van der Waals surface area (Å²) in [5, 5.41) is 3.10. The van der Waals surface area contributed by atoms with E-state index in [4.69, 9.17) is 9.47 Å². The van der Waals surface area contributed by atoms with Gasteiger partial charge in [0.2, 0.25) is 0 Å². The van der Waals surface area contributed by atoms with Crippen LogP contribution in [0, 0.1) is 19.8 Å². The Kier molecular flexibility index (Phi) is 7.07. The molecule has 0 aromatic heterocycles. The summed E-state index contributed by atoms with van der Waals surface area (Å²) >= 11 is 0. The van der Waals surface area contributed by atoms with Gasteiger partial charge < -0.3 is 14.8 Å². The monoisotopic (exact) mass is 355 g/mol. The summed E-state index contributed by atoms with van der Waals surface area (Å²) in [6, 6.07) is 13.7. The van der Waals surface area contributed by atoms with Crippen LogP contribution in [0.2, 0.25) is 0 Å². The van der Waals surface area contributed by atoms with E-state index in [0.29, 0.717) is 5.92 Å². The average Bonchev–Trinajstić information content (AvgIpc) is 2.62. The number of hydrogen-bond acceptors (Lipinski definition) is 3. The summed E-state index contributed by atoms with van der Waals surface area (Å²) in [5.74, 6) is 1.90. The van der Waals surface area contributed by atoms with Crippen molar-refractivity contribution < 1.29 is 14.3 Å². The summed E-state index contributed by atoms with van der Waals surface area (Å²) < 4.78 is 10.9. The third-order valence-electron chi connectivity index (χ3n) is 4.47. The molecule has 1 amide bonds. The number of carbonyl (C=O) groups excluding carboxylic acids is 1. The van der Waals surface area contributed by atoms with Crippen molar-refractivity contribution in [3.05, 3.63) is 59.2 Å². The summed E-state index contributed by atoms with van der Waals surface area (Å²) in [4.78, 5) is 12.4. The molecule has 4 nitrogen and oxygen atoms in total. The number of aryl methyl sites for hydroxylation is 1. The summed E-state index contributed by atoms with van der Waals surface area (Å²) in [7, 11) is 1.65. The van der Waals surface area contributed by atoms with Crippen LogP contribution in [-0.4, -0.2) is 19.6 Å². The molecule has 0 radical (unpaired) electrons. The highest BCUT2D eigenvalue weighted by molar-refractivity contribution is 5.78. The van der Waals surface area contributed by atoms with Gasteiger partial charge in [-0.05, 0) is 61.1 Å². The molecule has 0 bridgehead atoms. The van der Waals surface area contributed by atoms with Gasteiger partial charge in [0.15, 0.2) is 6.61 Å². The van der Waals surface area contributed by atoms with Crippen molar-refractivity contribution in [2.24, 2.45) is 5.92 Å². The molecule has 0 unspecified atom stereocenters. The molecule has 0 fully saturated rings. The molecule has 140 valence electrons. The van der Waals surface area contributed by atoms with Crippen molar-refractivity contribution in [2.45, 2.75) is 40.2 Å². The smallest absolute Gasteiger partial charge is 0.258 e. The Morgan fingerprint density at radius 1 is 1.08 bits per heavy atom. The van der Waals surface area contributed by atoms with Gasteiger partial charge in [0, 0.05) is 0 Å². The number of methoxy groups -OCH3 is 1. The van der Waals surface area contributed by atoms with E-state index in [1.54, 1.807) is 7.11 Å². The molecule has 0 heterocycles. The Morgan fingerprint density at radius 2 is 1.77 bits per heavy atom. The van der Waals surface area contributed by atoms with E-state index >= 15 is 0 Å². The van der Waals surface area contributed by atoms with Crippen molar-refractivity contribution in [3.8, 4) is 11.5 Å². The molecule has 0 aliphatic rings. The molecular formula is C22H29NO3. The van der Waals surface area contributed by atoms with Crippen LogP contribution in [0.25, 0.3) is 0 Å². The highest BCUT2D eigenvalue weighted by Crippen LogP contribution is 2.24. The van der Waals surface area contributed by atoms with Gasteiger partial charge in [-0.2, -0.15) is 0 Å². The van der Waals surface area contributed by atoms with Crippen LogP contribution < -0.4 is 14.8 Å². The van der Waals surface area contributed by atoms with Gasteiger partial charge in [-0.3, -0.25) is 4.79 Å². The molecule has 1 N–H and O–H groups in total. The van der Waals surface area contributed by atoms with E-state index in [1.165, 1.54) is 0 Å². The maximum Gasteiger partial charge on any atom is 0.258 e. The number of ether oxygens (including phenoxy) is 2. The zero-order valence-electron chi connectivity index (χ0n) is 16.3. The second-order valence-electron chi connectivity index (χ2n) is 7.01. The fraction of sp³-hybridized carbons (Fsp3) is 0.409. The third kappa shape index (κ3) is 5.51. The predicted octanol–water partition coefficient (Wildman–Crippen LogP) is 4.59. The maximum absolute atomic E-state index is 12.4. The molecule has 1 atom stereocenters. The van der Waals surface area contributed by atoms with Gasteiger partial charge in [-0.1, -0.05) is 38.1 Å².